The lowest BCUT2D eigenvalue weighted by molar-refractivity contribution is -0.120. The third kappa shape index (κ3) is 5.13. The molecule has 1 amide bonds. The highest BCUT2D eigenvalue weighted by Crippen LogP contribution is 2.40. The Balaban J connectivity index is 1.90. The van der Waals surface area contributed by atoms with Crippen LogP contribution in [0.5, 0.6) is 0 Å². The van der Waals surface area contributed by atoms with Gasteiger partial charge in [0.25, 0.3) is 10.1 Å². The Morgan fingerprint density at radius 3 is 2.50 bits per heavy atom. The SMILES string of the molecule is COC1=CC(S(=O)(=O)O)C(OC)(c2ccccc2/C=N/NC(=O)Cc2ccccc2)C=C1. The van der Waals surface area contributed by atoms with Crippen molar-refractivity contribution in [2.24, 2.45) is 5.10 Å². The minimum absolute atomic E-state index is 0.167. The standard InChI is InChI=1S/C23H24N2O6S/c1-30-19-12-13-23(31-2,21(15-19)32(27,28)29)20-11-7-6-10-18(20)16-24-25-22(26)14-17-8-4-3-5-9-17/h3-13,15-16,21H,14H2,1-2H3,(H,25,26)(H,27,28,29)/b24-16+. The van der Waals surface area contributed by atoms with Crippen LogP contribution in [0.2, 0.25) is 0 Å². The van der Waals surface area contributed by atoms with Gasteiger partial charge in [-0.25, -0.2) is 5.43 Å². The van der Waals surface area contributed by atoms with Gasteiger partial charge in [-0.15, -0.1) is 0 Å². The predicted molar refractivity (Wildman–Crippen MR) is 121 cm³/mol. The number of rotatable bonds is 8. The molecule has 0 radical (unpaired) electrons. The van der Waals surface area contributed by atoms with Gasteiger partial charge in [0.15, 0.2) is 0 Å². The molecule has 0 fully saturated rings. The summed E-state index contributed by atoms with van der Waals surface area (Å²) in [6.45, 7) is 0. The molecule has 1 aliphatic carbocycles. The van der Waals surface area contributed by atoms with E-state index in [0.29, 0.717) is 11.1 Å². The fourth-order valence-electron chi connectivity index (χ4n) is 3.57. The molecule has 3 rings (SSSR count). The van der Waals surface area contributed by atoms with Crippen molar-refractivity contribution in [3.8, 4) is 0 Å². The van der Waals surface area contributed by atoms with Crippen LogP contribution in [0.3, 0.4) is 0 Å². The zero-order valence-corrected chi connectivity index (χ0v) is 18.5. The van der Waals surface area contributed by atoms with E-state index < -0.39 is 21.0 Å². The van der Waals surface area contributed by atoms with Crippen molar-refractivity contribution in [2.45, 2.75) is 17.3 Å². The molecule has 0 spiro atoms. The van der Waals surface area contributed by atoms with Gasteiger partial charge in [-0.3, -0.25) is 9.35 Å². The zero-order valence-electron chi connectivity index (χ0n) is 17.6. The van der Waals surface area contributed by atoms with Crippen molar-refractivity contribution in [3.05, 3.63) is 95.3 Å². The first-order valence-electron chi connectivity index (χ1n) is 9.72. The number of nitrogens with zero attached hydrogens (tertiary/aromatic N) is 1. The number of hydrazone groups is 1. The number of benzene rings is 2. The van der Waals surface area contributed by atoms with Crippen LogP contribution in [0.25, 0.3) is 0 Å². The lowest BCUT2D eigenvalue weighted by Gasteiger charge is -2.37. The predicted octanol–water partition coefficient (Wildman–Crippen LogP) is 2.58. The summed E-state index contributed by atoms with van der Waals surface area (Å²) in [5.41, 5.74) is 2.73. The molecule has 1 aliphatic rings. The van der Waals surface area contributed by atoms with Gasteiger partial charge in [0.05, 0.1) is 19.7 Å². The number of ether oxygens (including phenoxy) is 2. The van der Waals surface area contributed by atoms with Crippen molar-refractivity contribution in [3.63, 3.8) is 0 Å². The Kier molecular flexibility index (Phi) is 7.24. The molecule has 32 heavy (non-hydrogen) atoms. The molecule has 2 N–H and O–H groups in total. The number of amides is 1. The Labute approximate surface area is 187 Å². The van der Waals surface area contributed by atoms with Crippen molar-refractivity contribution in [2.75, 3.05) is 14.2 Å². The summed E-state index contributed by atoms with van der Waals surface area (Å²) < 4.78 is 45.2. The molecule has 2 aromatic rings. The molecule has 9 heteroatoms. The number of carbonyl (C=O) groups excluding carboxylic acids is 1. The van der Waals surface area contributed by atoms with Crippen LogP contribution in [0, 0.1) is 0 Å². The van der Waals surface area contributed by atoms with Crippen molar-refractivity contribution in [1.29, 1.82) is 0 Å². The van der Waals surface area contributed by atoms with E-state index in [2.05, 4.69) is 10.5 Å². The van der Waals surface area contributed by atoms with Gasteiger partial charge in [-0.2, -0.15) is 13.5 Å². The van der Waals surface area contributed by atoms with Crippen LogP contribution in [0.1, 0.15) is 16.7 Å². The summed E-state index contributed by atoms with van der Waals surface area (Å²) in [5, 5.41) is 2.56. The van der Waals surface area contributed by atoms with E-state index >= 15 is 0 Å². The van der Waals surface area contributed by atoms with Crippen LogP contribution >= 0.6 is 0 Å². The quantitative estimate of drug-likeness (QED) is 0.359. The van der Waals surface area contributed by atoms with Crippen molar-refractivity contribution < 1.29 is 27.2 Å². The van der Waals surface area contributed by atoms with Gasteiger partial charge in [-0.05, 0) is 29.4 Å². The highest BCUT2D eigenvalue weighted by Gasteiger charge is 2.47. The van der Waals surface area contributed by atoms with E-state index in [4.69, 9.17) is 9.47 Å². The summed E-state index contributed by atoms with van der Waals surface area (Å²) in [6.07, 6.45) is 5.95. The number of hydrogen-bond donors (Lipinski definition) is 2. The van der Waals surface area contributed by atoms with Gasteiger partial charge >= 0.3 is 0 Å². The third-order valence-electron chi connectivity index (χ3n) is 5.11. The normalized spacial score (nSPS) is 20.7. The average molecular weight is 457 g/mol. The first-order valence-corrected chi connectivity index (χ1v) is 11.2. The second-order valence-electron chi connectivity index (χ2n) is 7.08. The minimum atomic E-state index is -4.57. The van der Waals surface area contributed by atoms with E-state index in [1.54, 1.807) is 30.3 Å². The fourth-order valence-corrected chi connectivity index (χ4v) is 4.62. The Bertz CT molecular complexity index is 1160. The van der Waals surface area contributed by atoms with Gasteiger partial charge in [0.2, 0.25) is 5.91 Å². The zero-order chi connectivity index (χ0) is 23.2. The summed E-state index contributed by atoms with van der Waals surface area (Å²) in [7, 11) is -1.82. The van der Waals surface area contributed by atoms with Crippen LogP contribution in [0.4, 0.5) is 0 Å². The summed E-state index contributed by atoms with van der Waals surface area (Å²) in [6, 6.07) is 16.1. The van der Waals surface area contributed by atoms with E-state index in [1.807, 2.05) is 30.3 Å². The smallest absolute Gasteiger partial charge is 0.275 e. The molecular formula is C23H24N2O6S. The van der Waals surface area contributed by atoms with E-state index in [9.17, 15) is 17.8 Å². The summed E-state index contributed by atoms with van der Waals surface area (Å²) >= 11 is 0. The maximum Gasteiger partial charge on any atom is 0.275 e. The number of hydrogen-bond acceptors (Lipinski definition) is 6. The number of carbonyl (C=O) groups is 1. The maximum absolute atomic E-state index is 12.2. The van der Waals surface area contributed by atoms with Crippen LogP contribution in [0.15, 0.2) is 83.7 Å². The second-order valence-corrected chi connectivity index (χ2v) is 8.62. The third-order valence-corrected chi connectivity index (χ3v) is 6.24. The average Bonchev–Trinajstić information content (AvgIpc) is 2.79. The number of allylic oxidation sites excluding steroid dienone is 1. The molecule has 2 aromatic carbocycles. The maximum atomic E-state index is 12.2. The summed E-state index contributed by atoms with van der Waals surface area (Å²) in [4.78, 5) is 12.2. The van der Waals surface area contributed by atoms with Crippen LogP contribution < -0.4 is 5.43 Å². The fraction of sp³-hybridized carbons (Fsp3) is 0.217. The van der Waals surface area contributed by atoms with Crippen molar-refractivity contribution in [1.82, 2.24) is 5.43 Å². The molecule has 2 atom stereocenters. The van der Waals surface area contributed by atoms with E-state index in [1.165, 1.54) is 32.6 Å². The highest BCUT2D eigenvalue weighted by molar-refractivity contribution is 7.86. The molecule has 0 aromatic heterocycles. The molecule has 0 bridgehead atoms. The Morgan fingerprint density at radius 1 is 1.16 bits per heavy atom. The van der Waals surface area contributed by atoms with Gasteiger partial charge in [-0.1, -0.05) is 54.6 Å². The molecule has 2 unspecified atom stereocenters. The molecule has 168 valence electrons. The highest BCUT2D eigenvalue weighted by atomic mass is 32.2. The molecular weight excluding hydrogens is 432 g/mol. The lowest BCUT2D eigenvalue weighted by atomic mass is 9.83. The van der Waals surface area contributed by atoms with E-state index in [0.717, 1.165) is 5.56 Å². The molecule has 0 heterocycles. The molecule has 0 aliphatic heterocycles. The monoisotopic (exact) mass is 456 g/mol. The molecule has 8 nitrogen and oxygen atoms in total. The topological polar surface area (TPSA) is 114 Å². The lowest BCUT2D eigenvalue weighted by Crippen LogP contribution is -2.45. The van der Waals surface area contributed by atoms with Crippen LogP contribution in [-0.2, 0) is 36.4 Å². The Morgan fingerprint density at radius 2 is 1.84 bits per heavy atom. The largest absolute Gasteiger partial charge is 0.497 e. The summed E-state index contributed by atoms with van der Waals surface area (Å²) in [5.74, 6) is -0.0212. The van der Waals surface area contributed by atoms with Gasteiger partial charge in [0, 0.05) is 12.7 Å². The van der Waals surface area contributed by atoms with E-state index in [-0.39, 0.29) is 18.1 Å². The minimum Gasteiger partial charge on any atom is -0.497 e. The van der Waals surface area contributed by atoms with Crippen LogP contribution in [-0.4, -0.2) is 44.6 Å². The first-order chi connectivity index (χ1) is 15.3. The number of nitrogens with one attached hydrogen (secondary N) is 1. The molecule has 0 saturated heterocycles. The second kappa shape index (κ2) is 9.90. The van der Waals surface area contributed by atoms with Gasteiger partial charge < -0.3 is 9.47 Å². The Hall–Kier alpha value is -3.27. The van der Waals surface area contributed by atoms with Crippen molar-refractivity contribution >= 4 is 22.2 Å². The number of methoxy groups -OCH3 is 2. The van der Waals surface area contributed by atoms with Gasteiger partial charge in [0.1, 0.15) is 16.6 Å². The first kappa shape index (κ1) is 23.4. The molecule has 0 saturated carbocycles.